The molecule has 0 radical (unpaired) electrons. The van der Waals surface area contributed by atoms with Crippen molar-refractivity contribution < 1.29 is 22.7 Å². The average molecular weight is 461 g/mol. The van der Waals surface area contributed by atoms with E-state index in [2.05, 4.69) is 24.9 Å². The normalized spacial score (nSPS) is 17.1. The molecule has 4 rings (SSSR count). The summed E-state index contributed by atoms with van der Waals surface area (Å²) in [6.45, 7) is 3.29. The van der Waals surface area contributed by atoms with Gasteiger partial charge in [-0.1, -0.05) is 0 Å². The van der Waals surface area contributed by atoms with Crippen LogP contribution in [0.25, 0.3) is 0 Å². The van der Waals surface area contributed by atoms with Crippen LogP contribution in [-0.4, -0.2) is 69.6 Å². The summed E-state index contributed by atoms with van der Waals surface area (Å²) in [7, 11) is -3.74. The van der Waals surface area contributed by atoms with Crippen LogP contribution >= 0.6 is 0 Å². The molecule has 0 atom stereocenters. The number of ether oxygens (including phenoxy) is 1. The van der Waals surface area contributed by atoms with Crippen molar-refractivity contribution in [3.63, 3.8) is 0 Å². The summed E-state index contributed by atoms with van der Waals surface area (Å²) in [5, 5.41) is 3.09. The number of anilines is 3. The molecule has 0 spiro atoms. The summed E-state index contributed by atoms with van der Waals surface area (Å²) in [4.78, 5) is 35.3. The topological polar surface area (TPSA) is 134 Å². The maximum Gasteiger partial charge on any atom is 0.240 e. The number of carbonyl (C=O) groups is 2. The molecule has 0 bridgehead atoms. The molecule has 2 aromatic rings. The minimum atomic E-state index is -3.74. The van der Waals surface area contributed by atoms with Crippen molar-refractivity contribution in [1.29, 1.82) is 0 Å². The second-order valence-electron chi connectivity index (χ2n) is 7.30. The van der Waals surface area contributed by atoms with Gasteiger partial charge in [-0.25, -0.2) is 23.1 Å². The lowest BCUT2D eigenvalue weighted by molar-refractivity contribution is -0.121. The van der Waals surface area contributed by atoms with Crippen LogP contribution < -0.4 is 19.8 Å². The standard InChI is InChI=1S/C20H24N6O5S/c27-19-5-6-20(28)26(19)15-1-3-16(4-2-15)32(29,30)24-8-7-21-17-13-18(23-14-22-17)25-9-11-31-12-10-25/h1-4,13-14,24H,5-12H2,(H,21,22,23). The van der Waals surface area contributed by atoms with Gasteiger partial charge in [0.05, 0.1) is 23.8 Å². The van der Waals surface area contributed by atoms with E-state index in [0.717, 1.165) is 23.8 Å². The zero-order valence-corrected chi connectivity index (χ0v) is 18.2. The fourth-order valence-corrected chi connectivity index (χ4v) is 4.54. The molecule has 2 aliphatic heterocycles. The lowest BCUT2D eigenvalue weighted by Crippen LogP contribution is -2.36. The van der Waals surface area contributed by atoms with E-state index in [1.165, 1.54) is 30.6 Å². The molecule has 12 heteroatoms. The number of morpholine rings is 1. The number of benzene rings is 1. The van der Waals surface area contributed by atoms with Crippen molar-refractivity contribution in [3.8, 4) is 0 Å². The highest BCUT2D eigenvalue weighted by atomic mass is 32.2. The maximum absolute atomic E-state index is 12.5. The van der Waals surface area contributed by atoms with Gasteiger partial charge in [-0.05, 0) is 24.3 Å². The molecule has 0 aliphatic carbocycles. The largest absolute Gasteiger partial charge is 0.378 e. The first-order chi connectivity index (χ1) is 15.4. The second-order valence-corrected chi connectivity index (χ2v) is 9.07. The van der Waals surface area contributed by atoms with Crippen LogP contribution in [0.4, 0.5) is 17.3 Å². The fourth-order valence-electron chi connectivity index (χ4n) is 3.51. The molecule has 32 heavy (non-hydrogen) atoms. The van der Waals surface area contributed by atoms with E-state index < -0.39 is 10.0 Å². The van der Waals surface area contributed by atoms with Gasteiger partial charge in [0.25, 0.3) is 0 Å². The number of hydrogen-bond donors (Lipinski definition) is 2. The Bertz CT molecular complexity index is 1070. The molecule has 1 aromatic heterocycles. The number of nitrogens with one attached hydrogen (secondary N) is 2. The summed E-state index contributed by atoms with van der Waals surface area (Å²) in [6.07, 6.45) is 1.82. The Morgan fingerprint density at radius 2 is 1.66 bits per heavy atom. The molecule has 2 saturated heterocycles. The number of amides is 2. The van der Waals surface area contributed by atoms with Gasteiger partial charge in [0.2, 0.25) is 21.8 Å². The van der Waals surface area contributed by atoms with Gasteiger partial charge >= 0.3 is 0 Å². The molecule has 2 fully saturated rings. The van der Waals surface area contributed by atoms with Gasteiger partial charge in [0.1, 0.15) is 18.0 Å². The van der Waals surface area contributed by atoms with Gasteiger partial charge in [-0.3, -0.25) is 14.5 Å². The fraction of sp³-hybridized carbons (Fsp3) is 0.400. The number of aromatic nitrogens is 2. The van der Waals surface area contributed by atoms with Crippen molar-refractivity contribution in [2.75, 3.05) is 54.5 Å². The van der Waals surface area contributed by atoms with Gasteiger partial charge in [-0.2, -0.15) is 0 Å². The number of sulfonamides is 1. The van der Waals surface area contributed by atoms with Gasteiger partial charge in [-0.15, -0.1) is 0 Å². The average Bonchev–Trinajstić information content (AvgIpc) is 3.15. The lowest BCUT2D eigenvalue weighted by atomic mass is 10.3. The molecule has 0 saturated carbocycles. The van der Waals surface area contributed by atoms with Crippen molar-refractivity contribution >= 4 is 39.2 Å². The van der Waals surface area contributed by atoms with Gasteiger partial charge in [0.15, 0.2) is 0 Å². The number of rotatable bonds is 8. The summed E-state index contributed by atoms with van der Waals surface area (Å²) in [5.41, 5.74) is 0.373. The third-order valence-electron chi connectivity index (χ3n) is 5.17. The van der Waals surface area contributed by atoms with Crippen molar-refractivity contribution in [2.24, 2.45) is 0 Å². The zero-order chi connectivity index (χ0) is 22.6. The molecule has 2 amide bonds. The minimum Gasteiger partial charge on any atom is -0.378 e. The number of nitrogens with zero attached hydrogens (tertiary/aromatic N) is 4. The second kappa shape index (κ2) is 9.59. The predicted octanol–water partition coefficient (Wildman–Crippen LogP) is 0.357. The molecule has 2 N–H and O–H groups in total. The molecule has 0 unspecified atom stereocenters. The van der Waals surface area contributed by atoms with E-state index in [1.807, 2.05) is 6.07 Å². The van der Waals surface area contributed by atoms with Crippen molar-refractivity contribution in [2.45, 2.75) is 17.7 Å². The van der Waals surface area contributed by atoms with Crippen LogP contribution in [0.2, 0.25) is 0 Å². The van der Waals surface area contributed by atoms with Crippen LogP contribution in [0.3, 0.4) is 0 Å². The molecule has 3 heterocycles. The first kappa shape index (κ1) is 22.1. The van der Waals surface area contributed by atoms with Crippen LogP contribution in [0.5, 0.6) is 0 Å². The highest BCUT2D eigenvalue weighted by molar-refractivity contribution is 7.89. The SMILES string of the molecule is O=C1CCC(=O)N1c1ccc(S(=O)(=O)NCCNc2cc(N3CCOCC3)ncn2)cc1. The summed E-state index contributed by atoms with van der Waals surface area (Å²) < 4.78 is 32.9. The van der Waals surface area contributed by atoms with Crippen molar-refractivity contribution in [3.05, 3.63) is 36.7 Å². The molecular formula is C20H24N6O5S. The first-order valence-corrected chi connectivity index (χ1v) is 11.8. The van der Waals surface area contributed by atoms with E-state index >= 15 is 0 Å². The molecule has 11 nitrogen and oxygen atoms in total. The third-order valence-corrected chi connectivity index (χ3v) is 6.64. The van der Waals surface area contributed by atoms with Crippen LogP contribution in [0.1, 0.15) is 12.8 Å². The van der Waals surface area contributed by atoms with E-state index in [9.17, 15) is 18.0 Å². The Labute approximate surface area is 185 Å². The van der Waals surface area contributed by atoms with Crippen molar-refractivity contribution in [1.82, 2.24) is 14.7 Å². The number of carbonyl (C=O) groups excluding carboxylic acids is 2. The highest BCUT2D eigenvalue weighted by Crippen LogP contribution is 2.24. The maximum atomic E-state index is 12.5. The monoisotopic (exact) mass is 460 g/mol. The predicted molar refractivity (Wildman–Crippen MR) is 117 cm³/mol. The zero-order valence-electron chi connectivity index (χ0n) is 17.4. The quantitative estimate of drug-likeness (QED) is 0.423. The summed E-state index contributed by atoms with van der Waals surface area (Å²) in [6, 6.07) is 7.50. The Morgan fingerprint density at radius 3 is 2.34 bits per heavy atom. The molecule has 1 aromatic carbocycles. The van der Waals surface area contributed by atoms with Gasteiger partial charge < -0.3 is 15.0 Å². The lowest BCUT2D eigenvalue weighted by Gasteiger charge is -2.27. The summed E-state index contributed by atoms with van der Waals surface area (Å²) >= 11 is 0. The van der Waals surface area contributed by atoms with Crippen LogP contribution in [0, 0.1) is 0 Å². The Balaban J connectivity index is 1.30. The molecule has 170 valence electrons. The Morgan fingerprint density at radius 1 is 0.969 bits per heavy atom. The van der Waals surface area contributed by atoms with E-state index in [0.29, 0.717) is 31.3 Å². The minimum absolute atomic E-state index is 0.0528. The highest BCUT2D eigenvalue weighted by Gasteiger charge is 2.30. The third kappa shape index (κ3) is 5.03. The van der Waals surface area contributed by atoms with E-state index in [4.69, 9.17) is 4.74 Å². The first-order valence-electron chi connectivity index (χ1n) is 10.3. The van der Waals surface area contributed by atoms with Gasteiger partial charge in [0, 0.05) is 45.1 Å². The number of imide groups is 1. The Kier molecular flexibility index (Phi) is 6.63. The Hall–Kier alpha value is -3.09. The van der Waals surface area contributed by atoms with Crippen LogP contribution in [0.15, 0.2) is 41.6 Å². The summed E-state index contributed by atoms with van der Waals surface area (Å²) in [5.74, 6) is 0.832. The molecule has 2 aliphatic rings. The van der Waals surface area contributed by atoms with Crippen LogP contribution in [-0.2, 0) is 24.3 Å². The molecular weight excluding hydrogens is 436 g/mol. The number of hydrogen-bond acceptors (Lipinski definition) is 9. The van der Waals surface area contributed by atoms with E-state index in [-0.39, 0.29) is 36.1 Å². The van der Waals surface area contributed by atoms with E-state index in [1.54, 1.807) is 0 Å². The smallest absolute Gasteiger partial charge is 0.240 e.